The van der Waals surface area contributed by atoms with Crippen molar-refractivity contribution in [3.63, 3.8) is 0 Å². The smallest absolute Gasteiger partial charge is 0.250 e. The number of amides is 1. The van der Waals surface area contributed by atoms with Gasteiger partial charge in [-0.15, -0.1) is 0 Å². The maximum absolute atomic E-state index is 11.7. The topological polar surface area (TPSA) is 99.8 Å². The summed E-state index contributed by atoms with van der Waals surface area (Å²) in [5.74, 6) is -0.263. The molecule has 6 heteroatoms. The summed E-state index contributed by atoms with van der Waals surface area (Å²) in [5.41, 5.74) is 13.8. The number of hydrogen-bond donors (Lipinski definition) is 2. The zero-order valence-corrected chi connectivity index (χ0v) is 11.1. The highest BCUT2D eigenvalue weighted by atomic mass is 16.1. The van der Waals surface area contributed by atoms with Gasteiger partial charge in [-0.2, -0.15) is 15.0 Å². The second-order valence-corrected chi connectivity index (χ2v) is 5.13. The van der Waals surface area contributed by atoms with Crippen molar-refractivity contribution in [1.82, 2.24) is 15.0 Å². The Morgan fingerprint density at radius 3 is 2.60 bits per heavy atom. The van der Waals surface area contributed by atoms with Gasteiger partial charge in [0.05, 0.1) is 18.0 Å². The number of benzene rings is 1. The van der Waals surface area contributed by atoms with Crippen LogP contribution >= 0.6 is 0 Å². The first-order chi connectivity index (χ1) is 9.68. The summed E-state index contributed by atoms with van der Waals surface area (Å²) < 4.78 is 0. The van der Waals surface area contributed by atoms with Gasteiger partial charge in [0.2, 0.25) is 0 Å². The molecular formula is C14H17N5O. The quantitative estimate of drug-likeness (QED) is 0.868. The number of primary amides is 1. The van der Waals surface area contributed by atoms with Crippen molar-refractivity contribution in [2.75, 3.05) is 0 Å². The summed E-state index contributed by atoms with van der Waals surface area (Å²) in [5, 5.41) is 8.29. The lowest BCUT2D eigenvalue weighted by Gasteiger charge is -2.20. The van der Waals surface area contributed by atoms with Gasteiger partial charge in [-0.25, -0.2) is 0 Å². The first kappa shape index (κ1) is 12.8. The van der Waals surface area contributed by atoms with Crippen molar-refractivity contribution in [3.8, 4) is 5.69 Å². The minimum atomic E-state index is -0.481. The van der Waals surface area contributed by atoms with Gasteiger partial charge < -0.3 is 11.5 Å². The number of nitrogens with two attached hydrogens (primary N) is 2. The highest BCUT2D eigenvalue weighted by Crippen LogP contribution is 2.37. The average molecular weight is 271 g/mol. The zero-order valence-electron chi connectivity index (χ0n) is 11.1. The molecule has 1 aromatic carbocycles. The van der Waals surface area contributed by atoms with E-state index in [1.807, 2.05) is 12.1 Å². The number of carbonyl (C=O) groups is 1. The molecule has 1 aliphatic carbocycles. The molecule has 104 valence electrons. The molecule has 0 aliphatic heterocycles. The third-order valence-electron chi connectivity index (χ3n) is 3.92. The largest absolute Gasteiger partial charge is 0.366 e. The molecule has 1 fully saturated rings. The lowest BCUT2D eigenvalue weighted by atomic mass is 9.91. The highest BCUT2D eigenvalue weighted by molar-refractivity contribution is 5.97. The Morgan fingerprint density at radius 1 is 1.25 bits per heavy atom. The van der Waals surface area contributed by atoms with E-state index in [0.29, 0.717) is 11.3 Å². The molecule has 4 N–H and O–H groups in total. The SMILES string of the molecule is NC(=O)c1cccc([C@@H]2CCC[C@@H]2N)c1-n1nccn1. The fourth-order valence-corrected chi connectivity index (χ4v) is 2.99. The molecule has 0 saturated heterocycles. The minimum Gasteiger partial charge on any atom is -0.366 e. The van der Waals surface area contributed by atoms with Crippen LogP contribution in [-0.4, -0.2) is 26.9 Å². The molecule has 0 spiro atoms. The van der Waals surface area contributed by atoms with Crippen LogP contribution in [-0.2, 0) is 0 Å². The van der Waals surface area contributed by atoms with E-state index in [9.17, 15) is 4.79 Å². The van der Waals surface area contributed by atoms with Crippen molar-refractivity contribution in [2.24, 2.45) is 11.5 Å². The van der Waals surface area contributed by atoms with Crippen LogP contribution in [0.2, 0.25) is 0 Å². The predicted molar refractivity (Wildman–Crippen MR) is 74.4 cm³/mol. The molecule has 1 aliphatic rings. The van der Waals surface area contributed by atoms with Gasteiger partial charge in [0.15, 0.2) is 0 Å². The third-order valence-corrected chi connectivity index (χ3v) is 3.92. The minimum absolute atomic E-state index is 0.104. The van der Waals surface area contributed by atoms with Gasteiger partial charge in [0, 0.05) is 12.0 Å². The van der Waals surface area contributed by atoms with Crippen molar-refractivity contribution in [1.29, 1.82) is 0 Å². The standard InChI is InChI=1S/C14H17N5O/c15-12-6-2-3-9(12)10-4-1-5-11(14(16)20)13(10)19-17-7-8-18-19/h1,4-5,7-9,12H,2-3,6,15H2,(H2,16,20)/t9-,12-/m0/s1. The number of hydrogen-bond acceptors (Lipinski definition) is 4. The number of carbonyl (C=O) groups excluding carboxylic acids is 1. The Labute approximate surface area is 116 Å². The molecule has 1 saturated carbocycles. The van der Waals surface area contributed by atoms with Crippen molar-refractivity contribution >= 4 is 5.91 Å². The molecular weight excluding hydrogens is 254 g/mol. The summed E-state index contributed by atoms with van der Waals surface area (Å²) in [6, 6.07) is 5.63. The monoisotopic (exact) mass is 271 g/mol. The van der Waals surface area contributed by atoms with Gasteiger partial charge in [0.1, 0.15) is 5.69 Å². The summed E-state index contributed by atoms with van der Waals surface area (Å²) in [4.78, 5) is 13.1. The molecule has 1 aromatic heterocycles. The maximum Gasteiger partial charge on any atom is 0.250 e. The second-order valence-electron chi connectivity index (χ2n) is 5.13. The molecule has 0 unspecified atom stereocenters. The molecule has 6 nitrogen and oxygen atoms in total. The lowest BCUT2D eigenvalue weighted by Crippen LogP contribution is -2.25. The highest BCUT2D eigenvalue weighted by Gasteiger charge is 2.29. The lowest BCUT2D eigenvalue weighted by molar-refractivity contribution is 0.1000. The summed E-state index contributed by atoms with van der Waals surface area (Å²) in [6.07, 6.45) is 6.26. The number of para-hydroxylation sites is 1. The number of nitrogens with zero attached hydrogens (tertiary/aromatic N) is 3. The van der Waals surface area contributed by atoms with Crippen molar-refractivity contribution < 1.29 is 4.79 Å². The van der Waals surface area contributed by atoms with Crippen LogP contribution < -0.4 is 11.5 Å². The van der Waals surface area contributed by atoms with E-state index in [0.717, 1.165) is 24.8 Å². The van der Waals surface area contributed by atoms with E-state index in [-0.39, 0.29) is 12.0 Å². The molecule has 0 radical (unpaired) electrons. The molecule has 20 heavy (non-hydrogen) atoms. The first-order valence-corrected chi connectivity index (χ1v) is 6.73. The van der Waals surface area contributed by atoms with Crippen LogP contribution in [0.3, 0.4) is 0 Å². The van der Waals surface area contributed by atoms with Crippen LogP contribution in [0.1, 0.15) is 41.1 Å². The molecule has 0 bridgehead atoms. The second kappa shape index (κ2) is 5.05. The summed E-state index contributed by atoms with van der Waals surface area (Å²) >= 11 is 0. The van der Waals surface area contributed by atoms with Gasteiger partial charge in [-0.3, -0.25) is 4.79 Å². The Balaban J connectivity index is 2.19. The van der Waals surface area contributed by atoms with Crippen LogP contribution in [0.25, 0.3) is 5.69 Å². The van der Waals surface area contributed by atoms with E-state index < -0.39 is 5.91 Å². The van der Waals surface area contributed by atoms with Gasteiger partial charge in [0.25, 0.3) is 5.91 Å². The summed E-state index contributed by atoms with van der Waals surface area (Å²) in [6.45, 7) is 0. The molecule has 3 rings (SSSR count). The number of rotatable bonds is 3. The zero-order chi connectivity index (χ0) is 14.1. The van der Waals surface area contributed by atoms with Crippen LogP contribution in [0, 0.1) is 0 Å². The van der Waals surface area contributed by atoms with Crippen LogP contribution in [0.15, 0.2) is 30.6 Å². The van der Waals surface area contributed by atoms with Crippen molar-refractivity contribution in [3.05, 3.63) is 41.7 Å². The third kappa shape index (κ3) is 2.08. The average Bonchev–Trinajstić information content (AvgIpc) is 3.08. The maximum atomic E-state index is 11.7. The number of aromatic nitrogens is 3. The van der Waals surface area contributed by atoms with E-state index in [4.69, 9.17) is 11.5 Å². The molecule has 1 heterocycles. The fourth-order valence-electron chi connectivity index (χ4n) is 2.99. The normalized spacial score (nSPS) is 22.1. The van der Waals surface area contributed by atoms with Crippen LogP contribution in [0.4, 0.5) is 0 Å². The molecule has 2 atom stereocenters. The Hall–Kier alpha value is -2.21. The van der Waals surface area contributed by atoms with Crippen LogP contribution in [0.5, 0.6) is 0 Å². The van der Waals surface area contributed by atoms with Gasteiger partial charge in [-0.1, -0.05) is 18.6 Å². The predicted octanol–water partition coefficient (Wildman–Crippen LogP) is 0.961. The summed E-state index contributed by atoms with van der Waals surface area (Å²) in [7, 11) is 0. The van der Waals surface area contributed by atoms with Gasteiger partial charge in [-0.05, 0) is 24.5 Å². The van der Waals surface area contributed by atoms with E-state index in [1.165, 1.54) is 4.80 Å². The van der Waals surface area contributed by atoms with E-state index >= 15 is 0 Å². The first-order valence-electron chi connectivity index (χ1n) is 6.73. The molecule has 2 aromatic rings. The van der Waals surface area contributed by atoms with Gasteiger partial charge >= 0.3 is 0 Å². The Morgan fingerprint density at radius 2 is 2.00 bits per heavy atom. The fraction of sp³-hybridized carbons (Fsp3) is 0.357. The Kier molecular flexibility index (Phi) is 3.23. The van der Waals surface area contributed by atoms with E-state index in [2.05, 4.69) is 10.2 Å². The van der Waals surface area contributed by atoms with E-state index in [1.54, 1.807) is 18.5 Å². The molecule has 1 amide bonds. The van der Waals surface area contributed by atoms with Crippen molar-refractivity contribution in [2.45, 2.75) is 31.2 Å². The Bertz CT molecular complexity index is 622.